The van der Waals surface area contributed by atoms with Gasteiger partial charge in [0.15, 0.2) is 0 Å². The third kappa shape index (κ3) is 2.58. The van der Waals surface area contributed by atoms with Gasteiger partial charge in [0.1, 0.15) is 11.4 Å². The van der Waals surface area contributed by atoms with Crippen molar-refractivity contribution in [2.45, 2.75) is 26.3 Å². The lowest BCUT2D eigenvalue weighted by atomic mass is 10.0. The maximum absolute atomic E-state index is 5.63. The Labute approximate surface area is 101 Å². The second-order valence-electron chi connectivity index (χ2n) is 4.56. The fraction of sp³-hybridized carbons (Fsp3) is 0.462. The number of nitrogens with two attached hydrogens (primary N) is 1. The molecule has 0 saturated heterocycles. The molecular weight excluding hydrogens is 214 g/mol. The molecule has 0 aliphatic heterocycles. The van der Waals surface area contributed by atoms with Gasteiger partial charge in [0.05, 0.1) is 11.6 Å². The van der Waals surface area contributed by atoms with Crippen LogP contribution in [0.15, 0.2) is 29.0 Å². The fourth-order valence-electron chi connectivity index (χ4n) is 1.94. The van der Waals surface area contributed by atoms with E-state index in [1.54, 1.807) is 12.5 Å². The van der Waals surface area contributed by atoms with E-state index >= 15 is 0 Å². The number of hydrogen-bond donors (Lipinski definition) is 2. The third-order valence-electron chi connectivity index (χ3n) is 2.98. The predicted molar refractivity (Wildman–Crippen MR) is 69.9 cm³/mol. The molecule has 4 nitrogen and oxygen atoms in total. The van der Waals surface area contributed by atoms with Crippen LogP contribution in [-0.4, -0.2) is 17.6 Å². The summed E-state index contributed by atoms with van der Waals surface area (Å²) >= 11 is 0. The monoisotopic (exact) mass is 233 g/mol. The van der Waals surface area contributed by atoms with Crippen molar-refractivity contribution in [3.63, 3.8) is 0 Å². The van der Waals surface area contributed by atoms with Crippen molar-refractivity contribution in [1.29, 1.82) is 0 Å². The summed E-state index contributed by atoms with van der Waals surface area (Å²) in [5.41, 5.74) is 6.49. The highest BCUT2D eigenvalue weighted by atomic mass is 16.3. The Hall–Kier alpha value is -1.55. The fourth-order valence-corrected chi connectivity index (χ4v) is 1.94. The van der Waals surface area contributed by atoms with Crippen LogP contribution in [0.2, 0.25) is 0 Å². The minimum absolute atomic E-state index is 0.341. The van der Waals surface area contributed by atoms with E-state index in [4.69, 9.17) is 10.2 Å². The largest absolute Gasteiger partial charge is 0.464 e. The Morgan fingerprint density at radius 2 is 2.24 bits per heavy atom. The number of aromatic nitrogens is 1. The molecule has 2 aromatic heterocycles. The van der Waals surface area contributed by atoms with Crippen molar-refractivity contribution in [1.82, 2.24) is 4.98 Å². The Morgan fingerprint density at radius 3 is 2.94 bits per heavy atom. The summed E-state index contributed by atoms with van der Waals surface area (Å²) in [6, 6.07) is 4.14. The summed E-state index contributed by atoms with van der Waals surface area (Å²) in [4.78, 5) is 4.37. The van der Waals surface area contributed by atoms with Crippen molar-refractivity contribution >= 4 is 16.8 Å². The highest BCUT2D eigenvalue weighted by Gasteiger charge is 2.14. The van der Waals surface area contributed by atoms with Gasteiger partial charge in [-0.3, -0.25) is 0 Å². The number of fused-ring (bicyclic) bond motifs is 1. The van der Waals surface area contributed by atoms with Gasteiger partial charge in [-0.15, -0.1) is 0 Å². The van der Waals surface area contributed by atoms with Gasteiger partial charge in [-0.25, -0.2) is 4.98 Å². The van der Waals surface area contributed by atoms with E-state index in [1.165, 1.54) is 0 Å². The van der Waals surface area contributed by atoms with Gasteiger partial charge in [-0.2, -0.15) is 0 Å². The molecule has 1 atom stereocenters. The van der Waals surface area contributed by atoms with E-state index in [0.717, 1.165) is 23.2 Å². The topological polar surface area (TPSA) is 64.1 Å². The van der Waals surface area contributed by atoms with Crippen LogP contribution in [0.1, 0.15) is 20.3 Å². The molecule has 0 saturated carbocycles. The summed E-state index contributed by atoms with van der Waals surface area (Å²) in [6.45, 7) is 5.04. The average Bonchev–Trinajstić information content (AvgIpc) is 2.77. The summed E-state index contributed by atoms with van der Waals surface area (Å²) in [5.74, 6) is 1.39. The predicted octanol–water partition coefficient (Wildman–Crippen LogP) is 2.61. The van der Waals surface area contributed by atoms with Gasteiger partial charge in [-0.1, -0.05) is 13.8 Å². The van der Waals surface area contributed by atoms with Crippen LogP contribution in [0.3, 0.4) is 0 Å². The first-order chi connectivity index (χ1) is 8.22. The number of furan rings is 1. The minimum Gasteiger partial charge on any atom is -0.464 e. The summed E-state index contributed by atoms with van der Waals surface area (Å²) in [6.07, 6.45) is 4.38. The van der Waals surface area contributed by atoms with Crippen molar-refractivity contribution in [3.8, 4) is 0 Å². The van der Waals surface area contributed by atoms with Crippen molar-refractivity contribution in [2.75, 3.05) is 11.9 Å². The first-order valence-electron chi connectivity index (χ1n) is 6.01. The molecule has 0 bridgehead atoms. The maximum Gasteiger partial charge on any atom is 0.139 e. The molecule has 2 rings (SSSR count). The van der Waals surface area contributed by atoms with E-state index in [2.05, 4.69) is 24.1 Å². The van der Waals surface area contributed by atoms with Gasteiger partial charge in [0, 0.05) is 12.2 Å². The van der Waals surface area contributed by atoms with Crippen molar-refractivity contribution in [3.05, 3.63) is 24.6 Å². The van der Waals surface area contributed by atoms with Crippen molar-refractivity contribution < 1.29 is 4.42 Å². The van der Waals surface area contributed by atoms with Crippen LogP contribution in [0, 0.1) is 5.92 Å². The van der Waals surface area contributed by atoms with Crippen molar-refractivity contribution in [2.24, 2.45) is 11.7 Å². The molecule has 0 radical (unpaired) electrons. The molecule has 2 heterocycles. The molecule has 0 aromatic carbocycles. The lowest BCUT2D eigenvalue weighted by molar-refractivity contribution is 0.498. The normalized spacial score (nSPS) is 13.2. The van der Waals surface area contributed by atoms with E-state index in [1.807, 2.05) is 12.1 Å². The SMILES string of the molecule is CC(C)C(CCN)Nc1nccc2occc12. The van der Waals surface area contributed by atoms with E-state index < -0.39 is 0 Å². The zero-order valence-electron chi connectivity index (χ0n) is 10.3. The first-order valence-corrected chi connectivity index (χ1v) is 6.01. The standard InChI is InChI=1S/C13H19N3O/c1-9(2)11(3-6-14)16-13-10-5-8-17-12(10)4-7-15-13/h4-5,7-9,11H,3,6,14H2,1-2H3,(H,15,16). The van der Waals surface area contributed by atoms with Crippen LogP contribution in [-0.2, 0) is 0 Å². The Kier molecular flexibility index (Phi) is 3.64. The van der Waals surface area contributed by atoms with E-state index in [0.29, 0.717) is 18.5 Å². The Balaban J connectivity index is 2.24. The lowest BCUT2D eigenvalue weighted by Crippen LogP contribution is -2.28. The number of nitrogens with one attached hydrogen (secondary N) is 1. The molecule has 4 heteroatoms. The van der Waals surface area contributed by atoms with Crippen LogP contribution in [0.4, 0.5) is 5.82 Å². The molecule has 17 heavy (non-hydrogen) atoms. The van der Waals surface area contributed by atoms with Crippen LogP contribution >= 0.6 is 0 Å². The molecule has 0 amide bonds. The molecule has 1 unspecified atom stereocenters. The lowest BCUT2D eigenvalue weighted by Gasteiger charge is -2.22. The zero-order chi connectivity index (χ0) is 12.3. The number of pyridine rings is 1. The van der Waals surface area contributed by atoms with Crippen LogP contribution < -0.4 is 11.1 Å². The molecular formula is C13H19N3O. The van der Waals surface area contributed by atoms with E-state index in [9.17, 15) is 0 Å². The molecule has 92 valence electrons. The maximum atomic E-state index is 5.63. The Bertz CT molecular complexity index is 478. The number of rotatable bonds is 5. The number of anilines is 1. The van der Waals surface area contributed by atoms with Gasteiger partial charge >= 0.3 is 0 Å². The Morgan fingerprint density at radius 1 is 1.41 bits per heavy atom. The summed E-state index contributed by atoms with van der Waals surface area (Å²) < 4.78 is 5.36. The second-order valence-corrected chi connectivity index (χ2v) is 4.56. The van der Waals surface area contributed by atoms with E-state index in [-0.39, 0.29) is 0 Å². The average molecular weight is 233 g/mol. The third-order valence-corrected chi connectivity index (χ3v) is 2.98. The highest BCUT2D eigenvalue weighted by Crippen LogP contribution is 2.23. The summed E-state index contributed by atoms with van der Waals surface area (Å²) in [5, 5.41) is 4.48. The van der Waals surface area contributed by atoms with Gasteiger partial charge in [-0.05, 0) is 31.0 Å². The summed E-state index contributed by atoms with van der Waals surface area (Å²) in [7, 11) is 0. The quantitative estimate of drug-likeness (QED) is 0.833. The molecule has 3 N–H and O–H groups in total. The minimum atomic E-state index is 0.341. The molecule has 0 fully saturated rings. The smallest absolute Gasteiger partial charge is 0.139 e. The first kappa shape index (κ1) is 11.9. The zero-order valence-corrected chi connectivity index (χ0v) is 10.3. The molecule has 0 aliphatic rings. The molecule has 2 aromatic rings. The van der Waals surface area contributed by atoms with Gasteiger partial charge in [0.2, 0.25) is 0 Å². The van der Waals surface area contributed by atoms with Crippen LogP contribution in [0.25, 0.3) is 11.0 Å². The highest BCUT2D eigenvalue weighted by molar-refractivity contribution is 5.87. The van der Waals surface area contributed by atoms with Crippen LogP contribution in [0.5, 0.6) is 0 Å². The number of hydrogen-bond acceptors (Lipinski definition) is 4. The van der Waals surface area contributed by atoms with Gasteiger partial charge < -0.3 is 15.5 Å². The molecule has 0 aliphatic carbocycles. The number of nitrogens with zero attached hydrogens (tertiary/aromatic N) is 1. The second kappa shape index (κ2) is 5.19. The van der Waals surface area contributed by atoms with Gasteiger partial charge in [0.25, 0.3) is 0 Å². The molecule has 0 spiro atoms.